The third kappa shape index (κ3) is 3.92. The van der Waals surface area contributed by atoms with E-state index in [1.807, 2.05) is 0 Å². The number of likely N-dealkylation sites (N-methyl/N-ethyl adjacent to an activating group) is 2. The maximum atomic E-state index is 3.65. The number of nitrogens with one attached hydrogen (secondary N) is 1. The van der Waals surface area contributed by atoms with Crippen molar-refractivity contribution in [3.63, 3.8) is 0 Å². The second-order valence-corrected chi connectivity index (χ2v) is 6.10. The van der Waals surface area contributed by atoms with E-state index in [1.54, 1.807) is 0 Å². The van der Waals surface area contributed by atoms with Gasteiger partial charge < -0.3 is 15.1 Å². The molecule has 0 saturated carbocycles. The van der Waals surface area contributed by atoms with Crippen molar-refractivity contribution < 1.29 is 0 Å². The zero-order chi connectivity index (χ0) is 13.0. The van der Waals surface area contributed by atoms with Gasteiger partial charge in [0, 0.05) is 44.8 Å². The lowest BCUT2D eigenvalue weighted by atomic mass is 10.2. The van der Waals surface area contributed by atoms with Crippen LogP contribution in [0.1, 0.15) is 19.8 Å². The highest BCUT2D eigenvalue weighted by Crippen LogP contribution is 2.13. The van der Waals surface area contributed by atoms with Gasteiger partial charge in [0.25, 0.3) is 0 Å². The molecule has 2 aliphatic heterocycles. The zero-order valence-corrected chi connectivity index (χ0v) is 12.4. The van der Waals surface area contributed by atoms with Crippen LogP contribution in [-0.4, -0.2) is 86.7 Å². The predicted molar refractivity (Wildman–Crippen MR) is 77.1 cm³/mol. The lowest BCUT2D eigenvalue weighted by molar-refractivity contribution is 0.0884. The van der Waals surface area contributed by atoms with E-state index in [-0.39, 0.29) is 0 Å². The average molecular weight is 254 g/mol. The Balaban J connectivity index is 1.73. The second-order valence-electron chi connectivity index (χ2n) is 6.10. The Bertz CT molecular complexity index is 246. The van der Waals surface area contributed by atoms with Gasteiger partial charge in [0.05, 0.1) is 0 Å². The van der Waals surface area contributed by atoms with Gasteiger partial charge in [-0.25, -0.2) is 0 Å². The topological polar surface area (TPSA) is 21.8 Å². The molecule has 0 aromatic rings. The smallest absolute Gasteiger partial charge is 0.0347 e. The normalized spacial score (nSPS) is 32.2. The quantitative estimate of drug-likeness (QED) is 0.762. The summed E-state index contributed by atoms with van der Waals surface area (Å²) in [6, 6.07) is 1.45. The minimum Gasteiger partial charge on any atom is -0.313 e. The first-order valence-corrected chi connectivity index (χ1v) is 7.53. The van der Waals surface area contributed by atoms with Crippen molar-refractivity contribution >= 4 is 0 Å². The number of hydrogen-bond donors (Lipinski definition) is 1. The maximum absolute atomic E-state index is 3.65. The van der Waals surface area contributed by atoms with Gasteiger partial charge in [0.15, 0.2) is 0 Å². The van der Waals surface area contributed by atoms with Crippen LogP contribution >= 0.6 is 0 Å². The summed E-state index contributed by atoms with van der Waals surface area (Å²) in [6.07, 6.45) is 2.57. The molecule has 4 heteroatoms. The predicted octanol–water partition coefficient (Wildman–Crippen LogP) is 0.306. The van der Waals surface area contributed by atoms with Crippen LogP contribution < -0.4 is 5.32 Å². The van der Waals surface area contributed by atoms with E-state index < -0.39 is 0 Å². The van der Waals surface area contributed by atoms with Crippen LogP contribution in [0.4, 0.5) is 0 Å². The molecule has 0 spiro atoms. The van der Waals surface area contributed by atoms with Crippen molar-refractivity contribution in [2.75, 3.05) is 59.9 Å². The Morgan fingerprint density at radius 1 is 1.11 bits per heavy atom. The maximum Gasteiger partial charge on any atom is 0.0347 e. The molecule has 0 aromatic heterocycles. The van der Waals surface area contributed by atoms with E-state index in [4.69, 9.17) is 0 Å². The van der Waals surface area contributed by atoms with E-state index in [0.717, 1.165) is 6.04 Å². The lowest BCUT2D eigenvalue weighted by Gasteiger charge is -2.39. The number of likely N-dealkylation sites (tertiary alicyclic amines) is 1. The van der Waals surface area contributed by atoms with Gasteiger partial charge in [-0.05, 0) is 40.0 Å². The highest BCUT2D eigenvalue weighted by Gasteiger charge is 2.28. The number of hydrogen-bond acceptors (Lipinski definition) is 4. The van der Waals surface area contributed by atoms with Crippen molar-refractivity contribution in [2.45, 2.75) is 31.8 Å². The van der Waals surface area contributed by atoms with E-state index in [1.165, 1.54) is 58.7 Å². The summed E-state index contributed by atoms with van der Waals surface area (Å²) in [5.41, 5.74) is 0. The second kappa shape index (κ2) is 6.85. The van der Waals surface area contributed by atoms with Crippen LogP contribution in [0.25, 0.3) is 0 Å². The molecule has 0 bridgehead atoms. The van der Waals surface area contributed by atoms with Gasteiger partial charge in [-0.1, -0.05) is 6.92 Å². The largest absolute Gasteiger partial charge is 0.313 e. The zero-order valence-electron chi connectivity index (χ0n) is 12.4. The summed E-state index contributed by atoms with van der Waals surface area (Å²) in [4.78, 5) is 7.65. The first-order chi connectivity index (χ1) is 8.69. The minimum absolute atomic E-state index is 0.716. The van der Waals surface area contributed by atoms with Crippen molar-refractivity contribution in [3.8, 4) is 0 Å². The summed E-state index contributed by atoms with van der Waals surface area (Å²) in [5.74, 6) is 0. The molecule has 2 heterocycles. The van der Waals surface area contributed by atoms with Crippen LogP contribution in [0.3, 0.4) is 0 Å². The molecule has 2 aliphatic rings. The van der Waals surface area contributed by atoms with E-state index in [2.05, 4.69) is 41.0 Å². The van der Waals surface area contributed by atoms with Gasteiger partial charge in [0.1, 0.15) is 0 Å². The first kappa shape index (κ1) is 14.3. The molecule has 0 radical (unpaired) electrons. The first-order valence-electron chi connectivity index (χ1n) is 7.53. The molecule has 2 unspecified atom stereocenters. The summed E-state index contributed by atoms with van der Waals surface area (Å²) in [5, 5.41) is 3.65. The fourth-order valence-corrected chi connectivity index (χ4v) is 3.11. The standard InChI is InChI=1S/C14H30N4/c1-4-6-15-13-5-7-18(10-13)12-14-11-16(2)8-9-17(14)3/h13-15H,4-12H2,1-3H3. The Kier molecular flexibility index (Phi) is 5.42. The molecule has 0 amide bonds. The molecule has 0 aromatic carbocycles. The number of piperazine rings is 1. The summed E-state index contributed by atoms with van der Waals surface area (Å²) in [6.45, 7) is 10.8. The molecule has 106 valence electrons. The molecule has 2 atom stereocenters. The Labute approximate surface area is 112 Å². The molecule has 2 rings (SSSR count). The molecule has 2 fully saturated rings. The van der Waals surface area contributed by atoms with Crippen molar-refractivity contribution in [1.29, 1.82) is 0 Å². The number of nitrogens with zero attached hydrogens (tertiary/aromatic N) is 3. The van der Waals surface area contributed by atoms with Gasteiger partial charge in [-0.3, -0.25) is 4.90 Å². The lowest BCUT2D eigenvalue weighted by Crippen LogP contribution is -2.54. The molecule has 4 nitrogen and oxygen atoms in total. The van der Waals surface area contributed by atoms with Gasteiger partial charge >= 0.3 is 0 Å². The van der Waals surface area contributed by atoms with Crippen LogP contribution in [-0.2, 0) is 0 Å². The fourth-order valence-electron chi connectivity index (χ4n) is 3.11. The summed E-state index contributed by atoms with van der Waals surface area (Å²) < 4.78 is 0. The number of rotatable bonds is 5. The molecular formula is C14H30N4. The Hall–Kier alpha value is -0.160. The minimum atomic E-state index is 0.716. The summed E-state index contributed by atoms with van der Waals surface area (Å²) >= 11 is 0. The van der Waals surface area contributed by atoms with E-state index in [9.17, 15) is 0 Å². The van der Waals surface area contributed by atoms with Crippen LogP contribution in [0.15, 0.2) is 0 Å². The molecular weight excluding hydrogens is 224 g/mol. The Morgan fingerprint density at radius 3 is 2.72 bits per heavy atom. The van der Waals surface area contributed by atoms with Crippen molar-refractivity contribution in [3.05, 3.63) is 0 Å². The Morgan fingerprint density at radius 2 is 1.94 bits per heavy atom. The van der Waals surface area contributed by atoms with E-state index >= 15 is 0 Å². The van der Waals surface area contributed by atoms with Gasteiger partial charge in [-0.2, -0.15) is 0 Å². The van der Waals surface area contributed by atoms with E-state index in [0.29, 0.717) is 6.04 Å². The SMILES string of the molecule is CCCNC1CCN(CC2CN(C)CCN2C)C1. The highest BCUT2D eigenvalue weighted by molar-refractivity contribution is 4.87. The fraction of sp³-hybridized carbons (Fsp3) is 1.00. The molecule has 18 heavy (non-hydrogen) atoms. The third-order valence-electron chi connectivity index (χ3n) is 4.40. The molecule has 1 N–H and O–H groups in total. The highest BCUT2D eigenvalue weighted by atomic mass is 15.3. The van der Waals surface area contributed by atoms with Crippen LogP contribution in [0.2, 0.25) is 0 Å². The molecule has 2 saturated heterocycles. The van der Waals surface area contributed by atoms with Gasteiger partial charge in [-0.15, -0.1) is 0 Å². The van der Waals surface area contributed by atoms with Crippen LogP contribution in [0, 0.1) is 0 Å². The van der Waals surface area contributed by atoms with Crippen LogP contribution in [0.5, 0.6) is 0 Å². The van der Waals surface area contributed by atoms with Crippen molar-refractivity contribution in [2.24, 2.45) is 0 Å². The third-order valence-corrected chi connectivity index (χ3v) is 4.40. The average Bonchev–Trinajstić information content (AvgIpc) is 2.79. The van der Waals surface area contributed by atoms with Crippen molar-refractivity contribution in [1.82, 2.24) is 20.0 Å². The monoisotopic (exact) mass is 254 g/mol. The molecule has 0 aliphatic carbocycles. The van der Waals surface area contributed by atoms with Gasteiger partial charge in [0.2, 0.25) is 0 Å². The summed E-state index contributed by atoms with van der Waals surface area (Å²) in [7, 11) is 4.52.